The van der Waals surface area contributed by atoms with Gasteiger partial charge in [0.25, 0.3) is 0 Å². The van der Waals surface area contributed by atoms with E-state index in [1.54, 1.807) is 30.4 Å². The molecule has 3 heterocycles. The van der Waals surface area contributed by atoms with Crippen LogP contribution in [0.4, 0.5) is 10.6 Å². The number of aromatic nitrogens is 2. The highest BCUT2D eigenvalue weighted by Crippen LogP contribution is 2.36. The number of morpholine rings is 1. The van der Waals surface area contributed by atoms with E-state index < -0.39 is 23.7 Å². The van der Waals surface area contributed by atoms with E-state index in [9.17, 15) is 9.59 Å². The summed E-state index contributed by atoms with van der Waals surface area (Å²) in [7, 11) is 1.29. The second kappa shape index (κ2) is 8.58. The number of carbonyl (C=O) groups excluding carboxylic acids is 2. The van der Waals surface area contributed by atoms with E-state index >= 15 is 0 Å². The maximum atomic E-state index is 12.8. The topological polar surface area (TPSA) is 118 Å². The van der Waals surface area contributed by atoms with Crippen LogP contribution >= 0.6 is 0 Å². The maximum absolute atomic E-state index is 12.8. The molecule has 0 aliphatic carbocycles. The van der Waals surface area contributed by atoms with Gasteiger partial charge in [0.1, 0.15) is 11.4 Å². The third-order valence-corrected chi connectivity index (χ3v) is 4.99. The van der Waals surface area contributed by atoms with Gasteiger partial charge in [-0.2, -0.15) is 5.10 Å². The Morgan fingerprint density at radius 1 is 1.17 bits per heavy atom. The van der Waals surface area contributed by atoms with Crippen LogP contribution in [0.2, 0.25) is 0 Å². The summed E-state index contributed by atoms with van der Waals surface area (Å²) in [6.45, 7) is 7.49. The number of esters is 1. The Hall–Kier alpha value is -2.33. The first kappa shape index (κ1) is 21.4. The Kier molecular flexibility index (Phi) is 6.33. The lowest BCUT2D eigenvalue weighted by Crippen LogP contribution is -2.46. The zero-order valence-corrected chi connectivity index (χ0v) is 17.5. The normalized spacial score (nSPS) is 21.1. The predicted molar refractivity (Wildman–Crippen MR) is 104 cm³/mol. The molecule has 10 nitrogen and oxygen atoms in total. The minimum absolute atomic E-state index is 0.0143. The lowest BCUT2D eigenvalue weighted by molar-refractivity contribution is -0.0332. The van der Waals surface area contributed by atoms with Crippen molar-refractivity contribution in [1.29, 1.82) is 0 Å². The minimum Gasteiger partial charge on any atom is -0.464 e. The standard InChI is InChI=1S/C19H30N4O6/c1-19(2,3)29-18(25)22-7-10-28-11-13(22)14-15(17(24)26-4)21-23(16(14)20)12-5-8-27-9-6-12/h12-13H,5-11,20H2,1-4H3. The first-order chi connectivity index (χ1) is 13.7. The van der Waals surface area contributed by atoms with Gasteiger partial charge in [-0.1, -0.05) is 0 Å². The van der Waals surface area contributed by atoms with Crippen molar-refractivity contribution in [3.8, 4) is 0 Å². The molecule has 0 aromatic carbocycles. The van der Waals surface area contributed by atoms with Crippen LogP contribution in [0.3, 0.4) is 0 Å². The number of methoxy groups -OCH3 is 1. The van der Waals surface area contributed by atoms with E-state index in [2.05, 4.69) is 5.10 Å². The van der Waals surface area contributed by atoms with Gasteiger partial charge in [0.2, 0.25) is 0 Å². The number of nitrogens with two attached hydrogens (primary N) is 1. The van der Waals surface area contributed by atoms with E-state index in [0.717, 1.165) is 12.8 Å². The highest BCUT2D eigenvalue weighted by Gasteiger charge is 2.39. The highest BCUT2D eigenvalue weighted by atomic mass is 16.6. The Balaban J connectivity index is 2.00. The lowest BCUT2D eigenvalue weighted by Gasteiger charge is -2.36. The number of hydrogen-bond donors (Lipinski definition) is 1. The average molecular weight is 410 g/mol. The number of hydrogen-bond acceptors (Lipinski definition) is 8. The van der Waals surface area contributed by atoms with Crippen molar-refractivity contribution in [2.24, 2.45) is 0 Å². The van der Waals surface area contributed by atoms with Crippen LogP contribution in [0.5, 0.6) is 0 Å². The molecule has 1 atom stereocenters. The Labute approximate surface area is 170 Å². The molecule has 10 heteroatoms. The summed E-state index contributed by atoms with van der Waals surface area (Å²) in [5.41, 5.74) is 6.35. The summed E-state index contributed by atoms with van der Waals surface area (Å²) in [4.78, 5) is 26.8. The number of rotatable bonds is 3. The van der Waals surface area contributed by atoms with Crippen LogP contribution < -0.4 is 5.73 Å². The van der Waals surface area contributed by atoms with Gasteiger partial charge >= 0.3 is 12.1 Å². The summed E-state index contributed by atoms with van der Waals surface area (Å²) in [5, 5.41) is 4.47. The largest absolute Gasteiger partial charge is 0.464 e. The quantitative estimate of drug-likeness (QED) is 0.751. The van der Waals surface area contributed by atoms with Gasteiger partial charge in [-0.25, -0.2) is 14.3 Å². The summed E-state index contributed by atoms with van der Waals surface area (Å²) in [6, 6.07) is -0.582. The molecule has 29 heavy (non-hydrogen) atoms. The molecule has 2 aliphatic heterocycles. The summed E-state index contributed by atoms with van der Waals surface area (Å²) >= 11 is 0. The van der Waals surface area contributed by atoms with Gasteiger partial charge in [-0.15, -0.1) is 0 Å². The molecular formula is C19H30N4O6. The van der Waals surface area contributed by atoms with Crippen molar-refractivity contribution in [2.45, 2.75) is 51.3 Å². The number of ether oxygens (including phenoxy) is 4. The molecule has 2 aliphatic rings. The first-order valence-corrected chi connectivity index (χ1v) is 9.84. The monoisotopic (exact) mass is 410 g/mol. The van der Waals surface area contributed by atoms with Gasteiger partial charge in [-0.3, -0.25) is 4.90 Å². The van der Waals surface area contributed by atoms with E-state index in [0.29, 0.717) is 37.7 Å². The van der Waals surface area contributed by atoms with Crippen molar-refractivity contribution >= 4 is 17.9 Å². The Morgan fingerprint density at radius 2 is 1.86 bits per heavy atom. The number of nitrogen functional groups attached to an aromatic ring is 1. The molecule has 0 bridgehead atoms. The van der Waals surface area contributed by atoms with E-state index in [1.807, 2.05) is 0 Å². The second-order valence-electron chi connectivity index (χ2n) is 8.19. The summed E-state index contributed by atoms with van der Waals surface area (Å²) < 4.78 is 23.2. The maximum Gasteiger partial charge on any atom is 0.410 e. The van der Waals surface area contributed by atoms with Gasteiger partial charge in [0, 0.05) is 19.8 Å². The average Bonchev–Trinajstić information content (AvgIpc) is 3.03. The second-order valence-corrected chi connectivity index (χ2v) is 8.19. The molecule has 3 rings (SSSR count). The SMILES string of the molecule is COC(=O)c1nn(C2CCOCC2)c(N)c1C1COCCN1C(=O)OC(C)(C)C. The lowest BCUT2D eigenvalue weighted by atomic mass is 10.0. The molecule has 2 saturated heterocycles. The third kappa shape index (κ3) is 4.64. The zero-order chi connectivity index (χ0) is 21.2. The fourth-order valence-corrected chi connectivity index (χ4v) is 3.63. The van der Waals surface area contributed by atoms with Gasteiger partial charge < -0.3 is 24.7 Å². The van der Waals surface area contributed by atoms with Crippen LogP contribution in [0.25, 0.3) is 0 Å². The number of nitrogens with zero attached hydrogens (tertiary/aromatic N) is 3. The summed E-state index contributed by atoms with van der Waals surface area (Å²) in [6.07, 6.45) is 0.992. The highest BCUT2D eigenvalue weighted by molar-refractivity contribution is 5.91. The van der Waals surface area contributed by atoms with Crippen LogP contribution in [0.15, 0.2) is 0 Å². The Morgan fingerprint density at radius 3 is 2.48 bits per heavy atom. The predicted octanol–water partition coefficient (Wildman–Crippen LogP) is 1.91. The fourth-order valence-electron chi connectivity index (χ4n) is 3.63. The number of amides is 1. The third-order valence-electron chi connectivity index (χ3n) is 4.99. The van der Waals surface area contributed by atoms with E-state index in [1.165, 1.54) is 7.11 Å². The van der Waals surface area contributed by atoms with Crippen LogP contribution in [0, 0.1) is 0 Å². The Bertz CT molecular complexity index is 751. The molecule has 2 N–H and O–H groups in total. The van der Waals surface area contributed by atoms with Crippen molar-refractivity contribution in [3.63, 3.8) is 0 Å². The molecule has 1 aromatic rings. The van der Waals surface area contributed by atoms with Gasteiger partial charge in [-0.05, 0) is 33.6 Å². The molecule has 0 saturated carbocycles. The van der Waals surface area contributed by atoms with Gasteiger partial charge in [0.15, 0.2) is 5.69 Å². The van der Waals surface area contributed by atoms with Crippen molar-refractivity contribution in [1.82, 2.24) is 14.7 Å². The smallest absolute Gasteiger partial charge is 0.410 e. The zero-order valence-electron chi connectivity index (χ0n) is 17.5. The molecule has 0 spiro atoms. The molecule has 162 valence electrons. The first-order valence-electron chi connectivity index (χ1n) is 9.84. The molecule has 1 amide bonds. The van der Waals surface area contributed by atoms with E-state index in [4.69, 9.17) is 24.7 Å². The molecule has 0 radical (unpaired) electrons. The molecule has 1 unspecified atom stereocenters. The van der Waals surface area contributed by atoms with Crippen molar-refractivity contribution < 1.29 is 28.5 Å². The van der Waals surface area contributed by atoms with Gasteiger partial charge in [0.05, 0.1) is 38.0 Å². The van der Waals surface area contributed by atoms with Crippen LogP contribution in [0.1, 0.15) is 61.7 Å². The fraction of sp³-hybridized carbons (Fsp3) is 0.737. The van der Waals surface area contributed by atoms with Crippen molar-refractivity contribution in [3.05, 3.63) is 11.3 Å². The molecular weight excluding hydrogens is 380 g/mol. The van der Waals surface area contributed by atoms with E-state index in [-0.39, 0.29) is 18.3 Å². The van der Waals surface area contributed by atoms with Crippen LogP contribution in [-0.2, 0) is 18.9 Å². The summed E-state index contributed by atoms with van der Waals surface area (Å²) in [5.74, 6) is -0.270. The molecule has 1 aromatic heterocycles. The minimum atomic E-state index is -0.650. The van der Waals surface area contributed by atoms with Crippen molar-refractivity contribution in [2.75, 3.05) is 45.8 Å². The number of carbonyl (C=O) groups is 2. The number of anilines is 1. The van der Waals surface area contributed by atoms with Crippen LogP contribution in [-0.4, -0.2) is 72.4 Å². The molecule has 2 fully saturated rings.